The standard InChI is InChI=1S/C27H30FN3O3S/c1-20(2)21-8-14-25(15-9-21)35(33,34)31-18-16-30(17-19-31)26(22-6-4-3-5-7-22)27(32)29-24-12-10-23(28)11-13-24/h3-15,20,26H,16-19H2,1-2H3,(H,29,32)/t26-/m1/s1. The lowest BCUT2D eigenvalue weighted by molar-refractivity contribution is -0.122. The Hall–Kier alpha value is -3.07. The first-order valence-corrected chi connectivity index (χ1v) is 13.2. The van der Waals surface area contributed by atoms with Crippen LogP contribution in [0.2, 0.25) is 0 Å². The molecule has 4 rings (SSSR count). The van der Waals surface area contributed by atoms with Crippen molar-refractivity contribution in [2.24, 2.45) is 0 Å². The molecule has 0 spiro atoms. The highest BCUT2D eigenvalue weighted by molar-refractivity contribution is 7.89. The Morgan fingerprint density at radius 3 is 2.00 bits per heavy atom. The highest BCUT2D eigenvalue weighted by Gasteiger charge is 2.34. The van der Waals surface area contributed by atoms with Crippen molar-refractivity contribution in [1.82, 2.24) is 9.21 Å². The van der Waals surface area contributed by atoms with E-state index < -0.39 is 16.1 Å². The van der Waals surface area contributed by atoms with Gasteiger partial charge in [-0.3, -0.25) is 9.69 Å². The highest BCUT2D eigenvalue weighted by Crippen LogP contribution is 2.27. The summed E-state index contributed by atoms with van der Waals surface area (Å²) in [6.07, 6.45) is 0. The van der Waals surface area contributed by atoms with E-state index in [0.29, 0.717) is 24.7 Å². The summed E-state index contributed by atoms with van der Waals surface area (Å²) in [6.45, 7) is 5.50. The molecule has 1 aliphatic heterocycles. The number of anilines is 1. The molecule has 1 atom stereocenters. The zero-order valence-electron chi connectivity index (χ0n) is 19.9. The van der Waals surface area contributed by atoms with Gasteiger partial charge in [0.15, 0.2) is 0 Å². The van der Waals surface area contributed by atoms with Crippen LogP contribution in [0.5, 0.6) is 0 Å². The van der Waals surface area contributed by atoms with E-state index in [0.717, 1.165) is 11.1 Å². The Morgan fingerprint density at radius 2 is 1.43 bits per heavy atom. The van der Waals surface area contributed by atoms with Gasteiger partial charge in [-0.1, -0.05) is 56.3 Å². The number of rotatable bonds is 7. The molecule has 1 saturated heterocycles. The van der Waals surface area contributed by atoms with Gasteiger partial charge in [-0.05, 0) is 53.4 Å². The number of nitrogens with one attached hydrogen (secondary N) is 1. The van der Waals surface area contributed by atoms with Gasteiger partial charge in [-0.25, -0.2) is 12.8 Å². The van der Waals surface area contributed by atoms with Gasteiger partial charge in [0.2, 0.25) is 15.9 Å². The minimum absolute atomic E-state index is 0.247. The maximum absolute atomic E-state index is 13.3. The Labute approximate surface area is 206 Å². The molecule has 3 aromatic rings. The molecule has 1 aliphatic rings. The molecule has 184 valence electrons. The molecule has 35 heavy (non-hydrogen) atoms. The van der Waals surface area contributed by atoms with Gasteiger partial charge in [0.25, 0.3) is 0 Å². The van der Waals surface area contributed by atoms with Crippen molar-refractivity contribution >= 4 is 21.6 Å². The summed E-state index contributed by atoms with van der Waals surface area (Å²) in [4.78, 5) is 15.6. The Balaban J connectivity index is 1.50. The van der Waals surface area contributed by atoms with Crippen molar-refractivity contribution in [2.75, 3.05) is 31.5 Å². The Bertz CT molecular complexity index is 1240. The van der Waals surface area contributed by atoms with E-state index in [1.165, 1.54) is 28.6 Å². The first-order chi connectivity index (χ1) is 16.8. The molecule has 0 saturated carbocycles. The SMILES string of the molecule is CC(C)c1ccc(S(=O)(=O)N2CCN([C@@H](C(=O)Nc3ccc(F)cc3)c3ccccc3)CC2)cc1. The van der Waals surface area contributed by atoms with Gasteiger partial charge in [0.1, 0.15) is 11.9 Å². The fourth-order valence-corrected chi connectivity index (χ4v) is 5.71. The molecule has 1 N–H and O–H groups in total. The van der Waals surface area contributed by atoms with Crippen molar-refractivity contribution < 1.29 is 17.6 Å². The fraction of sp³-hybridized carbons (Fsp3) is 0.296. The van der Waals surface area contributed by atoms with Gasteiger partial charge < -0.3 is 5.32 Å². The van der Waals surface area contributed by atoms with Crippen LogP contribution in [0.25, 0.3) is 0 Å². The second-order valence-electron chi connectivity index (χ2n) is 8.97. The van der Waals surface area contributed by atoms with E-state index in [9.17, 15) is 17.6 Å². The first-order valence-electron chi connectivity index (χ1n) is 11.7. The third-order valence-electron chi connectivity index (χ3n) is 6.30. The quantitative estimate of drug-likeness (QED) is 0.519. The number of carbonyl (C=O) groups is 1. The zero-order valence-corrected chi connectivity index (χ0v) is 20.7. The third-order valence-corrected chi connectivity index (χ3v) is 8.21. The predicted octanol–water partition coefficient (Wildman–Crippen LogP) is 4.64. The van der Waals surface area contributed by atoms with Crippen molar-refractivity contribution in [3.8, 4) is 0 Å². The maximum Gasteiger partial charge on any atom is 0.246 e. The lowest BCUT2D eigenvalue weighted by atomic mass is 10.0. The van der Waals surface area contributed by atoms with Gasteiger partial charge in [0.05, 0.1) is 4.90 Å². The van der Waals surface area contributed by atoms with Crippen molar-refractivity contribution in [2.45, 2.75) is 30.7 Å². The second kappa shape index (κ2) is 10.7. The molecule has 1 fully saturated rings. The average Bonchev–Trinajstić information content (AvgIpc) is 2.86. The van der Waals surface area contributed by atoms with Crippen LogP contribution in [0.4, 0.5) is 10.1 Å². The van der Waals surface area contributed by atoms with Crippen LogP contribution in [-0.4, -0.2) is 49.7 Å². The molecule has 1 amide bonds. The van der Waals surface area contributed by atoms with E-state index >= 15 is 0 Å². The smallest absolute Gasteiger partial charge is 0.246 e. The van der Waals surface area contributed by atoms with Crippen LogP contribution >= 0.6 is 0 Å². The van der Waals surface area contributed by atoms with Crippen LogP contribution in [0.15, 0.2) is 83.8 Å². The zero-order chi connectivity index (χ0) is 25.0. The van der Waals surface area contributed by atoms with E-state index in [-0.39, 0.29) is 29.7 Å². The van der Waals surface area contributed by atoms with Crippen molar-refractivity contribution in [1.29, 1.82) is 0 Å². The molecule has 6 nitrogen and oxygen atoms in total. The molecule has 1 heterocycles. The third kappa shape index (κ3) is 5.78. The second-order valence-corrected chi connectivity index (χ2v) is 10.9. The van der Waals surface area contributed by atoms with E-state index in [1.807, 2.05) is 47.4 Å². The summed E-state index contributed by atoms with van der Waals surface area (Å²) >= 11 is 0. The summed E-state index contributed by atoms with van der Waals surface area (Å²) in [5, 5.41) is 2.87. The Kier molecular flexibility index (Phi) is 7.64. The van der Waals surface area contributed by atoms with Gasteiger partial charge in [-0.15, -0.1) is 0 Å². The van der Waals surface area contributed by atoms with Gasteiger partial charge >= 0.3 is 0 Å². The number of halogens is 1. The minimum Gasteiger partial charge on any atom is -0.324 e. The molecule has 0 radical (unpaired) electrons. The largest absolute Gasteiger partial charge is 0.324 e. The first kappa shape index (κ1) is 25.0. The minimum atomic E-state index is -3.62. The van der Waals surface area contributed by atoms with Crippen LogP contribution in [0.3, 0.4) is 0 Å². The van der Waals surface area contributed by atoms with E-state index in [4.69, 9.17) is 0 Å². The summed E-state index contributed by atoms with van der Waals surface area (Å²) in [6, 6.07) is 21.5. The molecule has 0 aliphatic carbocycles. The number of amides is 1. The summed E-state index contributed by atoms with van der Waals surface area (Å²) in [5.41, 5.74) is 2.41. The molecule has 0 aromatic heterocycles. The van der Waals surface area contributed by atoms with Crippen molar-refractivity contribution in [3.05, 3.63) is 95.8 Å². The monoisotopic (exact) mass is 495 g/mol. The number of carbonyl (C=O) groups excluding carboxylic acids is 1. The molecule has 3 aromatic carbocycles. The average molecular weight is 496 g/mol. The van der Waals surface area contributed by atoms with Crippen LogP contribution in [0, 0.1) is 5.82 Å². The van der Waals surface area contributed by atoms with Crippen LogP contribution in [-0.2, 0) is 14.8 Å². The number of benzene rings is 3. The van der Waals surface area contributed by atoms with Crippen LogP contribution < -0.4 is 5.32 Å². The van der Waals surface area contributed by atoms with Gasteiger partial charge in [-0.2, -0.15) is 4.31 Å². The lowest BCUT2D eigenvalue weighted by Crippen LogP contribution is -2.51. The van der Waals surface area contributed by atoms with Gasteiger partial charge in [0, 0.05) is 31.9 Å². The lowest BCUT2D eigenvalue weighted by Gasteiger charge is -2.38. The van der Waals surface area contributed by atoms with E-state index in [2.05, 4.69) is 19.2 Å². The highest BCUT2D eigenvalue weighted by atomic mass is 32.2. The molecular formula is C27H30FN3O3S. The number of hydrogen-bond acceptors (Lipinski definition) is 4. The summed E-state index contributed by atoms with van der Waals surface area (Å²) in [5.74, 6) is -0.298. The predicted molar refractivity (Wildman–Crippen MR) is 135 cm³/mol. The van der Waals surface area contributed by atoms with E-state index in [1.54, 1.807) is 12.1 Å². The number of hydrogen-bond donors (Lipinski definition) is 1. The molecular weight excluding hydrogens is 465 g/mol. The molecule has 8 heteroatoms. The normalized spacial score (nSPS) is 16.2. The fourth-order valence-electron chi connectivity index (χ4n) is 4.28. The number of sulfonamides is 1. The van der Waals surface area contributed by atoms with Crippen molar-refractivity contribution in [3.63, 3.8) is 0 Å². The molecule has 0 unspecified atom stereocenters. The number of nitrogens with zero attached hydrogens (tertiary/aromatic N) is 2. The van der Waals surface area contributed by atoms with Crippen LogP contribution in [0.1, 0.15) is 36.9 Å². The Morgan fingerprint density at radius 1 is 0.829 bits per heavy atom. The topological polar surface area (TPSA) is 69.7 Å². The number of piperazine rings is 1. The summed E-state index contributed by atoms with van der Waals surface area (Å²) in [7, 11) is -3.62. The summed E-state index contributed by atoms with van der Waals surface area (Å²) < 4.78 is 41.2. The maximum atomic E-state index is 13.3. The molecule has 0 bridgehead atoms.